The smallest absolute Gasteiger partial charge is 0.308 e. The van der Waals surface area contributed by atoms with Crippen molar-refractivity contribution in [1.29, 1.82) is 0 Å². The van der Waals surface area contributed by atoms with E-state index in [-0.39, 0.29) is 18.9 Å². The van der Waals surface area contributed by atoms with Gasteiger partial charge >= 0.3 is 5.97 Å². The van der Waals surface area contributed by atoms with Crippen LogP contribution in [0.15, 0.2) is 24.3 Å². The Morgan fingerprint density at radius 1 is 1.38 bits per heavy atom. The molecule has 0 saturated carbocycles. The molecule has 5 heteroatoms. The first-order valence-electron chi connectivity index (χ1n) is 4.86. The number of aliphatic carboxylic acids is 1. The molecule has 4 nitrogen and oxygen atoms in total. The van der Waals surface area contributed by atoms with Gasteiger partial charge in [-0.3, -0.25) is 9.59 Å². The highest BCUT2D eigenvalue weighted by Crippen LogP contribution is 2.25. The summed E-state index contributed by atoms with van der Waals surface area (Å²) < 4.78 is 1.09. The number of hydrogen-bond acceptors (Lipinski definition) is 2. The minimum atomic E-state index is -0.902. The molecule has 0 bridgehead atoms. The van der Waals surface area contributed by atoms with Crippen LogP contribution in [0.1, 0.15) is 6.42 Å². The molecule has 1 N–H and O–H groups in total. The molecule has 1 aliphatic heterocycles. The van der Waals surface area contributed by atoms with Crippen molar-refractivity contribution in [2.75, 3.05) is 11.4 Å². The Balaban J connectivity index is 2.20. The van der Waals surface area contributed by atoms with E-state index in [9.17, 15) is 9.59 Å². The molecular formula is C11H10INO3. The lowest BCUT2D eigenvalue weighted by molar-refractivity contribution is -0.141. The molecule has 1 amide bonds. The molecular weight excluding hydrogens is 321 g/mol. The summed E-state index contributed by atoms with van der Waals surface area (Å²) in [5.41, 5.74) is 0.772. The normalized spacial score (nSPS) is 20.2. The van der Waals surface area contributed by atoms with Gasteiger partial charge in [0, 0.05) is 22.2 Å². The summed E-state index contributed by atoms with van der Waals surface area (Å²) in [6.45, 7) is 0.273. The molecule has 1 fully saturated rings. The first-order valence-corrected chi connectivity index (χ1v) is 5.94. The Morgan fingerprint density at radius 2 is 2.00 bits per heavy atom. The number of anilines is 1. The van der Waals surface area contributed by atoms with E-state index in [2.05, 4.69) is 22.6 Å². The third-order valence-electron chi connectivity index (χ3n) is 2.61. The second-order valence-corrected chi connectivity index (χ2v) is 4.97. The molecule has 0 spiro atoms. The third-order valence-corrected chi connectivity index (χ3v) is 3.33. The van der Waals surface area contributed by atoms with Crippen molar-refractivity contribution in [3.63, 3.8) is 0 Å². The maximum atomic E-state index is 11.6. The van der Waals surface area contributed by atoms with E-state index in [0.717, 1.165) is 9.26 Å². The van der Waals surface area contributed by atoms with Gasteiger partial charge in [-0.25, -0.2) is 0 Å². The number of carboxylic acids is 1. The van der Waals surface area contributed by atoms with Gasteiger partial charge in [0.1, 0.15) is 0 Å². The lowest BCUT2D eigenvalue weighted by Gasteiger charge is -2.15. The molecule has 1 saturated heterocycles. The quantitative estimate of drug-likeness (QED) is 0.840. The number of rotatable bonds is 2. The number of carbonyl (C=O) groups excluding carboxylic acids is 1. The Morgan fingerprint density at radius 3 is 2.50 bits per heavy atom. The zero-order valence-electron chi connectivity index (χ0n) is 8.39. The molecule has 1 atom stereocenters. The van der Waals surface area contributed by atoms with Crippen molar-refractivity contribution in [2.45, 2.75) is 6.42 Å². The largest absolute Gasteiger partial charge is 0.481 e. The zero-order chi connectivity index (χ0) is 11.7. The number of nitrogens with zero attached hydrogens (tertiary/aromatic N) is 1. The Labute approximate surface area is 106 Å². The minimum absolute atomic E-state index is 0.0985. The van der Waals surface area contributed by atoms with Gasteiger partial charge in [0.2, 0.25) is 5.91 Å². The standard InChI is InChI=1S/C11H10INO3/c12-8-1-3-9(4-2-8)13-6-7(11(15)16)5-10(13)14/h1-4,7H,5-6H2,(H,15,16). The van der Waals surface area contributed by atoms with Crippen LogP contribution in [0.25, 0.3) is 0 Å². The predicted octanol–water partition coefficient (Wildman–Crippen LogP) is 1.73. The monoisotopic (exact) mass is 331 g/mol. The summed E-state index contributed by atoms with van der Waals surface area (Å²) in [4.78, 5) is 24.0. The maximum absolute atomic E-state index is 11.6. The molecule has 1 aliphatic rings. The zero-order valence-corrected chi connectivity index (χ0v) is 10.5. The topological polar surface area (TPSA) is 57.6 Å². The van der Waals surface area contributed by atoms with Crippen LogP contribution >= 0.6 is 22.6 Å². The van der Waals surface area contributed by atoms with Crippen molar-refractivity contribution in [1.82, 2.24) is 0 Å². The second-order valence-electron chi connectivity index (χ2n) is 3.72. The summed E-state index contributed by atoms with van der Waals surface area (Å²) in [6.07, 6.45) is 0.0985. The van der Waals surface area contributed by atoms with Gasteiger partial charge in [-0.1, -0.05) is 0 Å². The Bertz CT molecular complexity index is 429. The average molecular weight is 331 g/mol. The van der Waals surface area contributed by atoms with Crippen LogP contribution in [0.4, 0.5) is 5.69 Å². The van der Waals surface area contributed by atoms with Crippen LogP contribution < -0.4 is 4.90 Å². The summed E-state index contributed by atoms with van der Waals surface area (Å²) in [6, 6.07) is 7.47. The van der Waals surface area contributed by atoms with Gasteiger partial charge in [0.25, 0.3) is 0 Å². The minimum Gasteiger partial charge on any atom is -0.481 e. The van der Waals surface area contributed by atoms with Crippen molar-refractivity contribution in [2.24, 2.45) is 5.92 Å². The van der Waals surface area contributed by atoms with E-state index in [4.69, 9.17) is 5.11 Å². The SMILES string of the molecule is O=C(O)C1CC(=O)N(c2ccc(I)cc2)C1. The van der Waals surface area contributed by atoms with E-state index in [0.29, 0.717) is 0 Å². The van der Waals surface area contributed by atoms with Gasteiger partial charge in [-0.15, -0.1) is 0 Å². The summed E-state index contributed by atoms with van der Waals surface area (Å²) in [5, 5.41) is 8.86. The molecule has 1 aromatic carbocycles. The van der Waals surface area contributed by atoms with Crippen LogP contribution in [0.5, 0.6) is 0 Å². The molecule has 1 heterocycles. The number of hydrogen-bond donors (Lipinski definition) is 1. The van der Waals surface area contributed by atoms with Crippen molar-refractivity contribution in [3.8, 4) is 0 Å². The molecule has 0 aromatic heterocycles. The third kappa shape index (κ3) is 2.18. The van der Waals surface area contributed by atoms with E-state index in [1.54, 1.807) is 0 Å². The van der Waals surface area contributed by atoms with E-state index in [1.807, 2.05) is 24.3 Å². The fourth-order valence-electron chi connectivity index (χ4n) is 1.74. The molecule has 16 heavy (non-hydrogen) atoms. The number of carboxylic acid groups (broad SMARTS) is 1. The lowest BCUT2D eigenvalue weighted by Crippen LogP contribution is -2.25. The van der Waals surface area contributed by atoms with Crippen LogP contribution in [-0.4, -0.2) is 23.5 Å². The van der Waals surface area contributed by atoms with Gasteiger partial charge in [0.05, 0.1) is 5.92 Å². The molecule has 0 radical (unpaired) electrons. The average Bonchev–Trinajstić information content (AvgIpc) is 2.62. The number of amides is 1. The summed E-state index contributed by atoms with van der Waals surface area (Å²) >= 11 is 2.18. The van der Waals surface area contributed by atoms with Crippen LogP contribution in [-0.2, 0) is 9.59 Å². The van der Waals surface area contributed by atoms with E-state index in [1.165, 1.54) is 4.90 Å². The van der Waals surface area contributed by atoms with Crippen LogP contribution in [0.3, 0.4) is 0 Å². The van der Waals surface area contributed by atoms with Crippen molar-refractivity contribution >= 4 is 40.2 Å². The summed E-state index contributed by atoms with van der Waals surface area (Å²) in [5.74, 6) is -1.60. The highest BCUT2D eigenvalue weighted by atomic mass is 127. The lowest BCUT2D eigenvalue weighted by atomic mass is 10.1. The highest BCUT2D eigenvalue weighted by molar-refractivity contribution is 14.1. The summed E-state index contributed by atoms with van der Waals surface area (Å²) in [7, 11) is 0. The molecule has 2 rings (SSSR count). The predicted molar refractivity (Wildman–Crippen MR) is 67.3 cm³/mol. The maximum Gasteiger partial charge on any atom is 0.308 e. The molecule has 1 unspecified atom stereocenters. The van der Waals surface area contributed by atoms with Crippen LogP contribution in [0.2, 0.25) is 0 Å². The molecule has 0 aliphatic carbocycles. The first-order chi connectivity index (χ1) is 7.58. The van der Waals surface area contributed by atoms with E-state index >= 15 is 0 Å². The van der Waals surface area contributed by atoms with Crippen molar-refractivity contribution < 1.29 is 14.7 Å². The second kappa shape index (κ2) is 4.40. The number of benzene rings is 1. The van der Waals surface area contributed by atoms with Gasteiger partial charge in [-0.05, 0) is 46.9 Å². The van der Waals surface area contributed by atoms with Gasteiger partial charge in [0.15, 0.2) is 0 Å². The fourth-order valence-corrected chi connectivity index (χ4v) is 2.10. The fraction of sp³-hybridized carbons (Fsp3) is 0.273. The Kier molecular flexibility index (Phi) is 3.13. The molecule has 1 aromatic rings. The number of carbonyl (C=O) groups is 2. The van der Waals surface area contributed by atoms with Crippen LogP contribution in [0, 0.1) is 9.49 Å². The highest BCUT2D eigenvalue weighted by Gasteiger charge is 2.34. The first kappa shape index (κ1) is 11.4. The van der Waals surface area contributed by atoms with E-state index < -0.39 is 11.9 Å². The van der Waals surface area contributed by atoms with Gasteiger partial charge in [-0.2, -0.15) is 0 Å². The molecule has 84 valence electrons. The van der Waals surface area contributed by atoms with Gasteiger partial charge < -0.3 is 10.0 Å². The van der Waals surface area contributed by atoms with Crippen molar-refractivity contribution in [3.05, 3.63) is 27.8 Å². The Hall–Kier alpha value is -1.11. The number of halogens is 1.